The van der Waals surface area contributed by atoms with Crippen molar-refractivity contribution >= 4 is 9.76 Å². The van der Waals surface area contributed by atoms with E-state index in [9.17, 15) is 4.39 Å². The van der Waals surface area contributed by atoms with Gasteiger partial charge in [0.15, 0.2) is 9.76 Å². The molecule has 0 fully saturated rings. The second-order valence-electron chi connectivity index (χ2n) is 2.58. The van der Waals surface area contributed by atoms with E-state index < -0.39 is 16.2 Å². The number of aliphatic hydroxyl groups excluding tert-OH is 1. The van der Waals surface area contributed by atoms with Crippen LogP contribution in [0.2, 0.25) is 0 Å². The summed E-state index contributed by atoms with van der Waals surface area (Å²) in [4.78, 5) is 0. The van der Waals surface area contributed by atoms with E-state index in [2.05, 4.69) is 4.43 Å². The van der Waals surface area contributed by atoms with Crippen molar-refractivity contribution in [1.82, 2.24) is 0 Å². The maximum atomic E-state index is 12.6. The van der Waals surface area contributed by atoms with Gasteiger partial charge in [-0.3, -0.25) is 0 Å². The van der Waals surface area contributed by atoms with Gasteiger partial charge >= 0.3 is 0 Å². The molecule has 2 N–H and O–H groups in total. The molecule has 0 amide bonds. The molecule has 13 heavy (non-hydrogen) atoms. The van der Waals surface area contributed by atoms with Crippen molar-refractivity contribution in [2.75, 3.05) is 0 Å². The lowest BCUT2D eigenvalue weighted by Gasteiger charge is -2.04. The second-order valence-corrected chi connectivity index (χ2v) is 3.82. The van der Waals surface area contributed by atoms with Crippen molar-refractivity contribution in [3.8, 4) is 0 Å². The molecule has 3 nitrogen and oxygen atoms in total. The van der Waals surface area contributed by atoms with E-state index in [1.807, 2.05) is 0 Å². The van der Waals surface area contributed by atoms with Gasteiger partial charge in [-0.25, -0.2) is 4.39 Å². The zero-order chi connectivity index (χ0) is 9.68. The molecule has 5 heteroatoms. The normalized spacial score (nSPS) is 11.7. The predicted octanol–water partition coefficient (Wildman–Crippen LogP) is -0.306. The molecule has 1 rings (SSSR count). The summed E-state index contributed by atoms with van der Waals surface area (Å²) in [5.74, 6) is -0.281. The summed E-state index contributed by atoms with van der Waals surface area (Å²) in [5.41, 5.74) is 0.826. The highest BCUT2D eigenvalue weighted by Crippen LogP contribution is 2.03. The van der Waals surface area contributed by atoms with Crippen LogP contribution in [0.5, 0.6) is 0 Å². The minimum Gasteiger partial charge on any atom is -0.379 e. The fourth-order valence-corrected chi connectivity index (χ4v) is 1.85. The third-order valence-electron chi connectivity index (χ3n) is 1.55. The van der Waals surface area contributed by atoms with Gasteiger partial charge in [-0.15, -0.1) is 0 Å². The minimum absolute atomic E-state index is 0.281. The van der Waals surface area contributed by atoms with Crippen LogP contribution in [0.25, 0.3) is 0 Å². The SMILES string of the molecule is OC(O)O[SiH2]Cc1cccc(F)c1. The Morgan fingerprint density at radius 3 is 2.85 bits per heavy atom. The molecule has 1 aromatic carbocycles. The quantitative estimate of drug-likeness (QED) is 0.520. The van der Waals surface area contributed by atoms with E-state index >= 15 is 0 Å². The first-order chi connectivity index (χ1) is 6.18. The second kappa shape index (κ2) is 5.08. The van der Waals surface area contributed by atoms with Crippen LogP contribution >= 0.6 is 0 Å². The Labute approximate surface area is 77.7 Å². The lowest BCUT2D eigenvalue weighted by atomic mass is 10.2. The summed E-state index contributed by atoms with van der Waals surface area (Å²) >= 11 is 0. The maximum Gasteiger partial charge on any atom is 0.256 e. The Bertz CT molecular complexity index is 267. The van der Waals surface area contributed by atoms with E-state index in [0.717, 1.165) is 5.56 Å². The lowest BCUT2D eigenvalue weighted by molar-refractivity contribution is -0.180. The van der Waals surface area contributed by atoms with E-state index in [0.29, 0.717) is 6.04 Å². The topological polar surface area (TPSA) is 49.7 Å². The zero-order valence-electron chi connectivity index (χ0n) is 6.98. The molecule has 0 saturated heterocycles. The summed E-state index contributed by atoms with van der Waals surface area (Å²) < 4.78 is 17.2. The van der Waals surface area contributed by atoms with E-state index in [1.54, 1.807) is 12.1 Å². The molecular formula is C8H11FO3Si. The molecule has 0 aromatic heterocycles. The van der Waals surface area contributed by atoms with Crippen molar-refractivity contribution in [3.05, 3.63) is 35.6 Å². The zero-order valence-corrected chi connectivity index (χ0v) is 8.40. The molecule has 0 aliphatic rings. The molecule has 0 spiro atoms. The van der Waals surface area contributed by atoms with Gasteiger partial charge in [-0.05, 0) is 23.7 Å². The molecule has 0 radical (unpaired) electrons. The predicted molar refractivity (Wildman–Crippen MR) is 48.0 cm³/mol. The molecule has 0 aliphatic heterocycles. The van der Waals surface area contributed by atoms with Crippen LogP contribution in [0.4, 0.5) is 4.39 Å². The van der Waals surface area contributed by atoms with Crippen molar-refractivity contribution in [2.45, 2.75) is 12.5 Å². The fourth-order valence-electron chi connectivity index (χ4n) is 0.975. The van der Waals surface area contributed by atoms with Gasteiger partial charge in [0, 0.05) is 0 Å². The van der Waals surface area contributed by atoms with Crippen molar-refractivity contribution in [1.29, 1.82) is 0 Å². The monoisotopic (exact) mass is 202 g/mol. The highest BCUT2D eigenvalue weighted by atomic mass is 28.2. The van der Waals surface area contributed by atoms with Crippen LogP contribution in [-0.2, 0) is 10.5 Å². The van der Waals surface area contributed by atoms with Gasteiger partial charge < -0.3 is 14.6 Å². The molecular weight excluding hydrogens is 191 g/mol. The fraction of sp³-hybridized carbons (Fsp3) is 0.250. The van der Waals surface area contributed by atoms with Crippen LogP contribution in [0.15, 0.2) is 24.3 Å². The van der Waals surface area contributed by atoms with Gasteiger partial charge in [-0.1, -0.05) is 12.1 Å². The summed E-state index contributed by atoms with van der Waals surface area (Å²) in [5, 5.41) is 16.8. The summed E-state index contributed by atoms with van der Waals surface area (Å²) in [6.45, 7) is -1.69. The van der Waals surface area contributed by atoms with E-state index in [-0.39, 0.29) is 5.82 Å². The van der Waals surface area contributed by atoms with Gasteiger partial charge in [0.1, 0.15) is 5.82 Å². The minimum atomic E-state index is -1.69. The lowest BCUT2D eigenvalue weighted by Crippen LogP contribution is -2.15. The Balaban J connectivity index is 2.37. The third-order valence-corrected chi connectivity index (χ3v) is 2.86. The number of hydrogen-bond acceptors (Lipinski definition) is 3. The van der Waals surface area contributed by atoms with Crippen LogP contribution in [0, 0.1) is 5.82 Å². The molecule has 72 valence electrons. The Kier molecular flexibility index (Phi) is 4.04. The largest absolute Gasteiger partial charge is 0.379 e. The molecule has 0 unspecified atom stereocenters. The number of hydrogen-bond donors (Lipinski definition) is 2. The standard InChI is InChI=1S/C8H11FO3Si/c9-7-3-1-2-6(4-7)5-13-12-8(10)11/h1-4,8,10-11H,5,13H2. The van der Waals surface area contributed by atoms with Crippen molar-refractivity contribution in [3.63, 3.8) is 0 Å². The average molecular weight is 202 g/mol. The first kappa shape index (κ1) is 10.3. The number of halogens is 1. The first-order valence-corrected chi connectivity index (χ1v) is 5.48. The summed E-state index contributed by atoms with van der Waals surface area (Å²) in [6, 6.07) is 6.78. The third kappa shape index (κ3) is 4.14. The molecule has 0 atom stereocenters. The van der Waals surface area contributed by atoms with Crippen molar-refractivity contribution in [2.24, 2.45) is 0 Å². The molecule has 0 heterocycles. The van der Waals surface area contributed by atoms with Crippen LogP contribution in [0.1, 0.15) is 5.56 Å². The number of aliphatic hydroxyl groups is 2. The van der Waals surface area contributed by atoms with Gasteiger partial charge in [0.2, 0.25) is 0 Å². The summed E-state index contributed by atoms with van der Waals surface area (Å²) in [6.07, 6.45) is 0. The smallest absolute Gasteiger partial charge is 0.256 e. The highest BCUT2D eigenvalue weighted by molar-refractivity contribution is 6.26. The van der Waals surface area contributed by atoms with Crippen LogP contribution in [0.3, 0.4) is 0 Å². The first-order valence-electron chi connectivity index (χ1n) is 3.90. The maximum absolute atomic E-state index is 12.6. The number of benzene rings is 1. The van der Waals surface area contributed by atoms with Crippen molar-refractivity contribution < 1.29 is 19.0 Å². The van der Waals surface area contributed by atoms with Crippen LogP contribution < -0.4 is 0 Å². The summed E-state index contributed by atoms with van der Waals surface area (Å²) in [7, 11) is -1.02. The van der Waals surface area contributed by atoms with Gasteiger partial charge in [0.05, 0.1) is 0 Å². The molecule has 0 saturated carbocycles. The van der Waals surface area contributed by atoms with E-state index in [1.165, 1.54) is 12.1 Å². The molecule has 0 bridgehead atoms. The average Bonchev–Trinajstić information content (AvgIpc) is 2.03. The molecule has 1 aromatic rings. The van der Waals surface area contributed by atoms with E-state index in [4.69, 9.17) is 10.2 Å². The highest BCUT2D eigenvalue weighted by Gasteiger charge is 1.99. The van der Waals surface area contributed by atoms with Gasteiger partial charge in [-0.2, -0.15) is 0 Å². The Morgan fingerprint density at radius 1 is 1.46 bits per heavy atom. The number of rotatable bonds is 4. The van der Waals surface area contributed by atoms with Gasteiger partial charge in [0.25, 0.3) is 6.48 Å². The van der Waals surface area contributed by atoms with Crippen LogP contribution in [-0.4, -0.2) is 26.5 Å². The Hall–Kier alpha value is -0.753. The Morgan fingerprint density at radius 2 is 2.23 bits per heavy atom. The molecule has 0 aliphatic carbocycles.